The van der Waals surface area contributed by atoms with Crippen LogP contribution in [0.1, 0.15) is 10.7 Å². The summed E-state index contributed by atoms with van der Waals surface area (Å²) in [6, 6.07) is 8.47. The van der Waals surface area contributed by atoms with Crippen LogP contribution < -0.4 is 0 Å². The van der Waals surface area contributed by atoms with Crippen LogP contribution in [0.2, 0.25) is 0 Å². The highest BCUT2D eigenvalue weighted by atomic mass is 32.1. The Morgan fingerprint density at radius 2 is 2.30 bits per heavy atom. The van der Waals surface area contributed by atoms with Crippen molar-refractivity contribution in [2.24, 2.45) is 0 Å². The molecule has 3 rings (SSSR count). The molecule has 7 heteroatoms. The number of aromatic nitrogens is 2. The van der Waals surface area contributed by atoms with Crippen molar-refractivity contribution >= 4 is 27.2 Å². The zero-order valence-electron chi connectivity index (χ0n) is 10.4. The molecule has 0 aliphatic heterocycles. The van der Waals surface area contributed by atoms with Crippen LogP contribution in [0.15, 0.2) is 30.5 Å². The van der Waals surface area contributed by atoms with E-state index in [1.807, 2.05) is 13.0 Å². The van der Waals surface area contributed by atoms with E-state index in [0.29, 0.717) is 16.9 Å². The Bertz CT molecular complexity index is 872. The first-order valence-electron chi connectivity index (χ1n) is 5.73. The number of benzene rings is 1. The number of fused-ring (bicyclic) bond motifs is 1. The average molecular weight is 284 g/mol. The molecule has 0 saturated carbocycles. The molecule has 2 heterocycles. The maximum atomic E-state index is 11.3. The normalized spacial score (nSPS) is 10.6. The van der Waals surface area contributed by atoms with Crippen molar-refractivity contribution in [2.75, 3.05) is 0 Å². The van der Waals surface area contributed by atoms with Crippen LogP contribution in [-0.2, 0) is 0 Å². The predicted octanol–water partition coefficient (Wildman–Crippen LogP) is 3.18. The third-order valence-electron chi connectivity index (χ3n) is 2.91. The SMILES string of the molecule is Cc1nc2cc(-n3cccc3C#N)c([N+](=O)[O-])cc2s1. The van der Waals surface area contributed by atoms with Crippen molar-refractivity contribution in [3.8, 4) is 11.8 Å². The summed E-state index contributed by atoms with van der Waals surface area (Å²) < 4.78 is 2.27. The molecule has 0 unspecified atom stereocenters. The molecule has 0 saturated heterocycles. The quantitative estimate of drug-likeness (QED) is 0.534. The molecule has 20 heavy (non-hydrogen) atoms. The van der Waals surface area contributed by atoms with Gasteiger partial charge in [0.05, 0.1) is 20.1 Å². The highest BCUT2D eigenvalue weighted by molar-refractivity contribution is 7.18. The number of nitro benzene ring substituents is 1. The van der Waals surface area contributed by atoms with Gasteiger partial charge in [-0.2, -0.15) is 5.26 Å². The van der Waals surface area contributed by atoms with Gasteiger partial charge in [0.15, 0.2) is 0 Å². The van der Waals surface area contributed by atoms with Gasteiger partial charge in [0.25, 0.3) is 5.69 Å². The largest absolute Gasteiger partial charge is 0.302 e. The summed E-state index contributed by atoms with van der Waals surface area (Å²) >= 11 is 1.41. The lowest BCUT2D eigenvalue weighted by Gasteiger charge is -2.05. The Labute approximate surface area is 117 Å². The fourth-order valence-corrected chi connectivity index (χ4v) is 2.93. The van der Waals surface area contributed by atoms with Crippen LogP contribution in [0.25, 0.3) is 15.9 Å². The maximum Gasteiger partial charge on any atom is 0.294 e. The molecule has 2 aromatic heterocycles. The van der Waals surface area contributed by atoms with Crippen LogP contribution in [-0.4, -0.2) is 14.5 Å². The number of aryl methyl sites for hydroxylation is 1. The molecule has 0 atom stereocenters. The van der Waals surface area contributed by atoms with Crippen molar-refractivity contribution in [1.82, 2.24) is 9.55 Å². The van der Waals surface area contributed by atoms with Crippen LogP contribution in [0.4, 0.5) is 5.69 Å². The van der Waals surface area contributed by atoms with E-state index in [1.54, 1.807) is 24.4 Å². The smallest absolute Gasteiger partial charge is 0.294 e. The van der Waals surface area contributed by atoms with Crippen molar-refractivity contribution in [3.05, 3.63) is 51.3 Å². The van der Waals surface area contributed by atoms with Crippen molar-refractivity contribution < 1.29 is 4.92 Å². The average Bonchev–Trinajstić information content (AvgIpc) is 3.00. The summed E-state index contributed by atoms with van der Waals surface area (Å²) in [5.74, 6) is 0. The summed E-state index contributed by atoms with van der Waals surface area (Å²) in [7, 11) is 0. The number of thiazole rings is 1. The van der Waals surface area contributed by atoms with Gasteiger partial charge in [-0.3, -0.25) is 10.1 Å². The van der Waals surface area contributed by atoms with E-state index in [4.69, 9.17) is 5.26 Å². The predicted molar refractivity (Wildman–Crippen MR) is 75.1 cm³/mol. The molecule has 0 amide bonds. The van der Waals surface area contributed by atoms with Crippen molar-refractivity contribution in [2.45, 2.75) is 6.92 Å². The number of hydrogen-bond donors (Lipinski definition) is 0. The van der Waals surface area contributed by atoms with E-state index < -0.39 is 4.92 Å². The lowest BCUT2D eigenvalue weighted by atomic mass is 10.2. The Morgan fingerprint density at radius 3 is 3.00 bits per heavy atom. The molecule has 0 bridgehead atoms. The second kappa shape index (κ2) is 4.43. The topological polar surface area (TPSA) is 84.8 Å². The van der Waals surface area contributed by atoms with Crippen LogP contribution >= 0.6 is 11.3 Å². The van der Waals surface area contributed by atoms with Gasteiger partial charge in [-0.05, 0) is 25.1 Å². The van der Waals surface area contributed by atoms with E-state index in [1.165, 1.54) is 22.0 Å². The Kier molecular flexibility index (Phi) is 2.73. The van der Waals surface area contributed by atoms with Crippen LogP contribution in [0.5, 0.6) is 0 Å². The molecule has 0 fully saturated rings. The Hall–Kier alpha value is -2.72. The molecule has 98 valence electrons. The molecular formula is C13H8N4O2S. The first-order chi connectivity index (χ1) is 9.60. The minimum Gasteiger partial charge on any atom is -0.302 e. The molecule has 6 nitrogen and oxygen atoms in total. The number of rotatable bonds is 2. The van der Waals surface area contributed by atoms with E-state index in [2.05, 4.69) is 4.98 Å². The lowest BCUT2D eigenvalue weighted by molar-refractivity contribution is -0.384. The number of nitro groups is 1. The van der Waals surface area contributed by atoms with Gasteiger partial charge >= 0.3 is 0 Å². The number of hydrogen-bond acceptors (Lipinski definition) is 5. The van der Waals surface area contributed by atoms with Gasteiger partial charge in [-0.15, -0.1) is 11.3 Å². The monoisotopic (exact) mass is 284 g/mol. The van der Waals surface area contributed by atoms with Gasteiger partial charge in [-0.25, -0.2) is 4.98 Å². The summed E-state index contributed by atoms with van der Waals surface area (Å²) in [6.45, 7) is 1.85. The molecular weight excluding hydrogens is 276 g/mol. The number of nitrogens with zero attached hydrogens (tertiary/aromatic N) is 4. The highest BCUT2D eigenvalue weighted by Gasteiger charge is 2.19. The molecule has 0 N–H and O–H groups in total. The second-order valence-electron chi connectivity index (χ2n) is 4.17. The highest BCUT2D eigenvalue weighted by Crippen LogP contribution is 2.32. The molecule has 0 radical (unpaired) electrons. The van der Waals surface area contributed by atoms with Gasteiger partial charge in [0.1, 0.15) is 17.5 Å². The third-order valence-corrected chi connectivity index (χ3v) is 3.84. The first kappa shape index (κ1) is 12.3. The zero-order chi connectivity index (χ0) is 14.3. The van der Waals surface area contributed by atoms with E-state index in [9.17, 15) is 10.1 Å². The lowest BCUT2D eigenvalue weighted by Crippen LogP contribution is -2.01. The Morgan fingerprint density at radius 1 is 1.50 bits per heavy atom. The van der Waals surface area contributed by atoms with E-state index in [0.717, 1.165) is 9.71 Å². The van der Waals surface area contributed by atoms with Crippen LogP contribution in [0.3, 0.4) is 0 Å². The fraction of sp³-hybridized carbons (Fsp3) is 0.0769. The minimum atomic E-state index is -0.440. The summed E-state index contributed by atoms with van der Waals surface area (Å²) in [5, 5.41) is 21.2. The van der Waals surface area contributed by atoms with Crippen molar-refractivity contribution in [1.29, 1.82) is 5.26 Å². The van der Waals surface area contributed by atoms with Gasteiger partial charge in [-0.1, -0.05) is 0 Å². The minimum absolute atomic E-state index is 0.0335. The van der Waals surface area contributed by atoms with Crippen LogP contribution in [0, 0.1) is 28.4 Å². The molecule has 1 aromatic carbocycles. The summed E-state index contributed by atoms with van der Waals surface area (Å²) in [6.07, 6.45) is 1.63. The zero-order valence-corrected chi connectivity index (χ0v) is 11.2. The molecule has 0 aliphatic carbocycles. The van der Waals surface area contributed by atoms with Gasteiger partial charge < -0.3 is 4.57 Å². The standard InChI is InChI=1S/C13H8N4O2S/c1-8-15-10-5-11(16-4-2-3-9(16)7-14)12(17(18)19)6-13(10)20-8/h2-6H,1H3. The maximum absolute atomic E-state index is 11.3. The van der Waals surface area contributed by atoms with Crippen molar-refractivity contribution in [3.63, 3.8) is 0 Å². The Balaban J connectivity index is 2.36. The summed E-state index contributed by atoms with van der Waals surface area (Å²) in [5.41, 5.74) is 1.37. The van der Waals surface area contributed by atoms with E-state index >= 15 is 0 Å². The third kappa shape index (κ3) is 1.83. The second-order valence-corrected chi connectivity index (χ2v) is 5.41. The summed E-state index contributed by atoms with van der Waals surface area (Å²) in [4.78, 5) is 15.2. The molecule has 0 spiro atoms. The number of nitriles is 1. The first-order valence-corrected chi connectivity index (χ1v) is 6.55. The van der Waals surface area contributed by atoms with E-state index in [-0.39, 0.29) is 5.69 Å². The molecule has 3 aromatic rings. The molecule has 0 aliphatic rings. The van der Waals surface area contributed by atoms with Gasteiger partial charge in [0.2, 0.25) is 0 Å². The fourth-order valence-electron chi connectivity index (χ4n) is 2.09. The van der Waals surface area contributed by atoms with Gasteiger partial charge in [0, 0.05) is 12.3 Å².